The molecule has 0 fully saturated rings. The van der Waals surface area contributed by atoms with Crippen LogP contribution in [0.15, 0.2) is 48.6 Å². The molecule has 0 aromatic carbocycles. The summed E-state index contributed by atoms with van der Waals surface area (Å²) in [6.45, 7) is 4.52. The Morgan fingerprint density at radius 3 is 1.03 bits per heavy atom. The molecule has 0 aliphatic rings. The first-order chi connectivity index (χ1) is 19.3. The summed E-state index contributed by atoms with van der Waals surface area (Å²) in [6.07, 6.45) is 53.0. The summed E-state index contributed by atoms with van der Waals surface area (Å²) >= 11 is 0. The SMILES string of the molecule is CCCCCC=CCC=CCCCCCCCCC(C=O)CCCCCCCCC=CCC=CCCCCC. The van der Waals surface area contributed by atoms with E-state index in [1.807, 2.05) is 0 Å². The molecule has 0 aliphatic heterocycles. The van der Waals surface area contributed by atoms with Crippen LogP contribution in [0.2, 0.25) is 0 Å². The molecule has 0 aromatic rings. The van der Waals surface area contributed by atoms with Crippen LogP contribution in [0.25, 0.3) is 0 Å². The van der Waals surface area contributed by atoms with Crippen LogP contribution < -0.4 is 0 Å². The lowest BCUT2D eigenvalue weighted by molar-refractivity contribution is -0.111. The van der Waals surface area contributed by atoms with Gasteiger partial charge in [0.05, 0.1) is 0 Å². The van der Waals surface area contributed by atoms with Crippen molar-refractivity contribution < 1.29 is 4.79 Å². The quantitative estimate of drug-likeness (QED) is 0.0485. The van der Waals surface area contributed by atoms with Gasteiger partial charge in [-0.1, -0.05) is 152 Å². The molecule has 0 bridgehead atoms. The van der Waals surface area contributed by atoms with E-state index in [9.17, 15) is 4.79 Å². The lowest BCUT2D eigenvalue weighted by atomic mass is 9.95. The van der Waals surface area contributed by atoms with Gasteiger partial charge in [-0.25, -0.2) is 0 Å². The van der Waals surface area contributed by atoms with Crippen molar-refractivity contribution in [2.75, 3.05) is 0 Å². The van der Waals surface area contributed by atoms with E-state index in [2.05, 4.69) is 62.5 Å². The van der Waals surface area contributed by atoms with Gasteiger partial charge < -0.3 is 4.79 Å². The van der Waals surface area contributed by atoms with Gasteiger partial charge >= 0.3 is 0 Å². The zero-order valence-corrected chi connectivity index (χ0v) is 26.6. The normalized spacial score (nSPS) is 13.1. The minimum atomic E-state index is 0.307. The number of hydrogen-bond donors (Lipinski definition) is 0. The van der Waals surface area contributed by atoms with Crippen LogP contribution in [-0.2, 0) is 4.79 Å². The second-order valence-corrected chi connectivity index (χ2v) is 11.6. The minimum absolute atomic E-state index is 0.307. The topological polar surface area (TPSA) is 17.1 Å². The highest BCUT2D eigenvalue weighted by Gasteiger charge is 2.06. The van der Waals surface area contributed by atoms with Crippen molar-refractivity contribution in [3.05, 3.63) is 48.6 Å². The fourth-order valence-corrected chi connectivity index (χ4v) is 5.07. The molecule has 1 heteroatoms. The standard InChI is InChI=1S/C38H68O/c1-3-5-7-9-11-13-15-17-19-21-23-25-27-29-31-33-35-38(37-39)36-34-32-30-28-26-24-22-20-18-16-14-12-10-8-6-4-2/h11-14,17-20,37-38H,3-10,15-16,21-36H2,1-2H3. The molecule has 0 heterocycles. The fraction of sp³-hybridized carbons (Fsp3) is 0.763. The van der Waals surface area contributed by atoms with Gasteiger partial charge in [-0.05, 0) is 77.0 Å². The van der Waals surface area contributed by atoms with Crippen molar-refractivity contribution in [2.24, 2.45) is 5.92 Å². The molecular formula is C38H68O. The van der Waals surface area contributed by atoms with Crippen molar-refractivity contribution >= 4 is 6.29 Å². The van der Waals surface area contributed by atoms with E-state index in [4.69, 9.17) is 0 Å². The molecule has 0 unspecified atom stereocenters. The molecule has 0 spiro atoms. The van der Waals surface area contributed by atoms with Crippen molar-refractivity contribution in [2.45, 2.75) is 181 Å². The predicted octanol–water partition coefficient (Wildman–Crippen LogP) is 13.2. The molecule has 1 nitrogen and oxygen atoms in total. The molecule has 0 aliphatic carbocycles. The Morgan fingerprint density at radius 1 is 0.385 bits per heavy atom. The van der Waals surface area contributed by atoms with Crippen LogP contribution in [0.5, 0.6) is 0 Å². The van der Waals surface area contributed by atoms with Crippen LogP contribution in [0.3, 0.4) is 0 Å². The average molecular weight is 541 g/mol. The lowest BCUT2D eigenvalue weighted by Gasteiger charge is -2.10. The number of carbonyl (C=O) groups is 1. The summed E-state index contributed by atoms with van der Waals surface area (Å²) < 4.78 is 0. The summed E-state index contributed by atoms with van der Waals surface area (Å²) in [7, 11) is 0. The summed E-state index contributed by atoms with van der Waals surface area (Å²) in [5.41, 5.74) is 0. The molecule has 39 heavy (non-hydrogen) atoms. The maximum absolute atomic E-state index is 11.5. The average Bonchev–Trinajstić information content (AvgIpc) is 2.95. The Labute approximate surface area is 246 Å². The van der Waals surface area contributed by atoms with Crippen LogP contribution in [-0.4, -0.2) is 6.29 Å². The first kappa shape index (κ1) is 37.6. The molecule has 226 valence electrons. The molecule has 0 saturated heterocycles. The lowest BCUT2D eigenvalue weighted by Crippen LogP contribution is -2.02. The zero-order chi connectivity index (χ0) is 28.3. The molecule has 0 N–H and O–H groups in total. The number of carbonyl (C=O) groups excluding carboxylic acids is 1. The van der Waals surface area contributed by atoms with Gasteiger partial charge in [0, 0.05) is 5.92 Å². The zero-order valence-electron chi connectivity index (χ0n) is 26.6. The number of rotatable bonds is 31. The second-order valence-electron chi connectivity index (χ2n) is 11.6. The summed E-state index contributed by atoms with van der Waals surface area (Å²) in [5, 5.41) is 0. The van der Waals surface area contributed by atoms with Gasteiger partial charge in [-0.15, -0.1) is 0 Å². The third-order valence-electron chi connectivity index (χ3n) is 7.74. The molecule has 0 atom stereocenters. The van der Waals surface area contributed by atoms with E-state index in [0.717, 1.165) is 25.7 Å². The minimum Gasteiger partial charge on any atom is -0.303 e. The van der Waals surface area contributed by atoms with Gasteiger partial charge in [0.25, 0.3) is 0 Å². The maximum Gasteiger partial charge on any atom is 0.123 e. The van der Waals surface area contributed by atoms with Gasteiger partial charge in [0.1, 0.15) is 6.29 Å². The first-order valence-electron chi connectivity index (χ1n) is 17.4. The Balaban J connectivity index is 3.41. The highest BCUT2D eigenvalue weighted by atomic mass is 16.1. The number of aldehydes is 1. The highest BCUT2D eigenvalue weighted by molar-refractivity contribution is 5.53. The van der Waals surface area contributed by atoms with Gasteiger partial charge in [0.2, 0.25) is 0 Å². The van der Waals surface area contributed by atoms with E-state index in [1.165, 1.54) is 148 Å². The smallest absolute Gasteiger partial charge is 0.123 e. The summed E-state index contributed by atoms with van der Waals surface area (Å²) in [6, 6.07) is 0. The number of allylic oxidation sites excluding steroid dienone is 8. The Bertz CT molecular complexity index is 534. The highest BCUT2D eigenvalue weighted by Crippen LogP contribution is 2.18. The monoisotopic (exact) mass is 541 g/mol. The van der Waals surface area contributed by atoms with Crippen molar-refractivity contribution in [3.63, 3.8) is 0 Å². The molecule has 0 rings (SSSR count). The Hall–Kier alpha value is -1.37. The second kappa shape index (κ2) is 34.7. The predicted molar refractivity (Wildman–Crippen MR) is 178 cm³/mol. The van der Waals surface area contributed by atoms with Crippen LogP contribution in [0.4, 0.5) is 0 Å². The van der Waals surface area contributed by atoms with E-state index in [0.29, 0.717) is 5.92 Å². The number of hydrogen-bond acceptors (Lipinski definition) is 1. The summed E-state index contributed by atoms with van der Waals surface area (Å²) in [5.74, 6) is 0.307. The van der Waals surface area contributed by atoms with Crippen molar-refractivity contribution in [3.8, 4) is 0 Å². The van der Waals surface area contributed by atoms with Crippen molar-refractivity contribution in [1.29, 1.82) is 0 Å². The molecule has 0 aromatic heterocycles. The number of unbranched alkanes of at least 4 members (excludes halogenated alkanes) is 18. The molecule has 0 radical (unpaired) electrons. The third kappa shape index (κ3) is 32.7. The third-order valence-corrected chi connectivity index (χ3v) is 7.74. The molecule has 0 saturated carbocycles. The molecular weight excluding hydrogens is 472 g/mol. The van der Waals surface area contributed by atoms with Gasteiger partial charge in [-0.2, -0.15) is 0 Å². The fourth-order valence-electron chi connectivity index (χ4n) is 5.07. The van der Waals surface area contributed by atoms with E-state index < -0.39 is 0 Å². The van der Waals surface area contributed by atoms with E-state index >= 15 is 0 Å². The van der Waals surface area contributed by atoms with Gasteiger partial charge in [-0.3, -0.25) is 0 Å². The van der Waals surface area contributed by atoms with Gasteiger partial charge in [0.15, 0.2) is 0 Å². The Kier molecular flexibility index (Phi) is 33.4. The van der Waals surface area contributed by atoms with E-state index in [-0.39, 0.29) is 0 Å². The largest absolute Gasteiger partial charge is 0.303 e. The van der Waals surface area contributed by atoms with Crippen molar-refractivity contribution in [1.82, 2.24) is 0 Å². The summed E-state index contributed by atoms with van der Waals surface area (Å²) in [4.78, 5) is 11.5. The Morgan fingerprint density at radius 2 is 0.692 bits per heavy atom. The maximum atomic E-state index is 11.5. The van der Waals surface area contributed by atoms with Crippen LogP contribution in [0.1, 0.15) is 181 Å². The van der Waals surface area contributed by atoms with Crippen LogP contribution in [0, 0.1) is 5.92 Å². The molecule has 0 amide bonds. The van der Waals surface area contributed by atoms with E-state index in [1.54, 1.807) is 0 Å². The van der Waals surface area contributed by atoms with Crippen LogP contribution >= 0.6 is 0 Å². The first-order valence-corrected chi connectivity index (χ1v) is 17.4.